The molecule has 1 saturated heterocycles. The molecule has 1 heterocycles. The first kappa shape index (κ1) is 18.1. The predicted octanol–water partition coefficient (Wildman–Crippen LogP) is 1.83. The number of rotatable bonds is 5. The molecule has 0 saturated carbocycles. The molecule has 0 bridgehead atoms. The van der Waals surface area contributed by atoms with Gasteiger partial charge in [0, 0.05) is 6.04 Å². The zero-order valence-electron chi connectivity index (χ0n) is 13.3. The molecule has 5 nitrogen and oxygen atoms in total. The first-order valence-corrected chi connectivity index (χ1v) is 7.34. The van der Waals surface area contributed by atoms with E-state index in [1.165, 1.54) is 0 Å². The normalized spacial score (nSPS) is 18.6. The molecule has 1 aliphatic heterocycles. The molecule has 0 aliphatic carbocycles. The van der Waals surface area contributed by atoms with Gasteiger partial charge in [0.2, 0.25) is 0 Å². The predicted molar refractivity (Wildman–Crippen MR) is 77.7 cm³/mol. The maximum Gasteiger partial charge on any atom is 0.407 e. The van der Waals surface area contributed by atoms with Crippen molar-refractivity contribution in [3.05, 3.63) is 0 Å². The number of carbonyl (C=O) groups is 1. The van der Waals surface area contributed by atoms with Crippen molar-refractivity contribution in [2.45, 2.75) is 51.2 Å². The number of piperidine rings is 1. The summed E-state index contributed by atoms with van der Waals surface area (Å²) in [5.41, 5.74) is -0.689. The molecule has 0 aromatic heterocycles. The number of amides is 1. The van der Waals surface area contributed by atoms with Gasteiger partial charge < -0.3 is 20.3 Å². The van der Waals surface area contributed by atoms with Gasteiger partial charge >= 0.3 is 6.09 Å². The van der Waals surface area contributed by atoms with Gasteiger partial charge in [-0.2, -0.15) is 0 Å². The van der Waals surface area contributed by atoms with Crippen LogP contribution < -0.4 is 10.6 Å². The third kappa shape index (κ3) is 8.16. The van der Waals surface area contributed by atoms with Crippen molar-refractivity contribution in [2.75, 3.05) is 33.2 Å². The number of likely N-dealkylation sites (tertiary alicyclic amines) is 1. The van der Waals surface area contributed by atoms with Crippen molar-refractivity contribution in [1.29, 1.82) is 0 Å². The average molecular weight is 307 g/mol. The van der Waals surface area contributed by atoms with Crippen molar-refractivity contribution < 1.29 is 18.3 Å². The van der Waals surface area contributed by atoms with Crippen LogP contribution in [-0.2, 0) is 4.74 Å². The van der Waals surface area contributed by atoms with Crippen LogP contribution in [-0.4, -0.2) is 61.8 Å². The molecule has 1 amide bonds. The van der Waals surface area contributed by atoms with E-state index in [0.717, 1.165) is 25.9 Å². The average Bonchev–Trinajstić information content (AvgIpc) is 2.34. The van der Waals surface area contributed by atoms with E-state index in [4.69, 9.17) is 4.74 Å². The Bertz CT molecular complexity index is 338. The standard InChI is InChI=1S/C14H27F2N3O2/c1-13(2,3)21-12(20)18-10-14(15,16)9-17-11-5-7-19(4)8-6-11/h11,17H,5-10H2,1-4H3,(H,18,20). The van der Waals surface area contributed by atoms with Crippen LogP contribution in [0.3, 0.4) is 0 Å². The lowest BCUT2D eigenvalue weighted by atomic mass is 10.1. The van der Waals surface area contributed by atoms with E-state index in [1.54, 1.807) is 20.8 Å². The number of halogens is 2. The van der Waals surface area contributed by atoms with E-state index in [0.29, 0.717) is 0 Å². The number of hydrogen-bond acceptors (Lipinski definition) is 4. The van der Waals surface area contributed by atoms with E-state index in [9.17, 15) is 13.6 Å². The van der Waals surface area contributed by atoms with E-state index < -0.39 is 30.7 Å². The number of alkyl carbamates (subject to hydrolysis) is 1. The molecule has 7 heteroatoms. The van der Waals surface area contributed by atoms with Crippen molar-refractivity contribution in [3.63, 3.8) is 0 Å². The topological polar surface area (TPSA) is 53.6 Å². The summed E-state index contributed by atoms with van der Waals surface area (Å²) in [6.07, 6.45) is 0.916. The second kappa shape index (κ2) is 7.35. The maximum absolute atomic E-state index is 13.7. The summed E-state index contributed by atoms with van der Waals surface area (Å²) in [6, 6.07) is 0.119. The molecule has 0 atom stereocenters. The first-order valence-electron chi connectivity index (χ1n) is 7.34. The molecule has 0 aromatic carbocycles. The van der Waals surface area contributed by atoms with Gasteiger partial charge in [0.25, 0.3) is 5.92 Å². The Morgan fingerprint density at radius 1 is 1.24 bits per heavy atom. The van der Waals surface area contributed by atoms with Gasteiger partial charge in [-0.3, -0.25) is 0 Å². The van der Waals surface area contributed by atoms with Gasteiger partial charge in [-0.05, 0) is 53.8 Å². The van der Waals surface area contributed by atoms with Gasteiger partial charge in [-0.1, -0.05) is 0 Å². The number of ether oxygens (including phenoxy) is 1. The van der Waals surface area contributed by atoms with Crippen LogP contribution >= 0.6 is 0 Å². The molecule has 1 rings (SSSR count). The molecule has 0 aromatic rings. The van der Waals surface area contributed by atoms with Crippen LogP contribution in [0.5, 0.6) is 0 Å². The lowest BCUT2D eigenvalue weighted by Gasteiger charge is -2.30. The highest BCUT2D eigenvalue weighted by Crippen LogP contribution is 2.14. The van der Waals surface area contributed by atoms with Crippen molar-refractivity contribution >= 4 is 6.09 Å². The van der Waals surface area contributed by atoms with E-state index >= 15 is 0 Å². The Morgan fingerprint density at radius 2 is 1.81 bits per heavy atom. The fraction of sp³-hybridized carbons (Fsp3) is 0.929. The van der Waals surface area contributed by atoms with E-state index in [1.807, 2.05) is 7.05 Å². The summed E-state index contributed by atoms with van der Waals surface area (Å²) in [4.78, 5) is 13.5. The summed E-state index contributed by atoms with van der Waals surface area (Å²) in [7, 11) is 2.02. The number of nitrogens with one attached hydrogen (secondary N) is 2. The van der Waals surface area contributed by atoms with Crippen LogP contribution in [0.1, 0.15) is 33.6 Å². The van der Waals surface area contributed by atoms with Crippen molar-refractivity contribution in [3.8, 4) is 0 Å². The second-order valence-corrected chi connectivity index (χ2v) is 6.67. The smallest absolute Gasteiger partial charge is 0.407 e. The van der Waals surface area contributed by atoms with E-state index in [2.05, 4.69) is 15.5 Å². The summed E-state index contributed by atoms with van der Waals surface area (Å²) >= 11 is 0. The molecule has 0 radical (unpaired) electrons. The first-order chi connectivity index (χ1) is 9.57. The van der Waals surface area contributed by atoms with Gasteiger partial charge in [0.05, 0.1) is 13.1 Å². The second-order valence-electron chi connectivity index (χ2n) is 6.67. The van der Waals surface area contributed by atoms with Crippen LogP contribution in [0.2, 0.25) is 0 Å². The molecular formula is C14H27F2N3O2. The summed E-state index contributed by atoms with van der Waals surface area (Å²) in [5, 5.41) is 5.00. The van der Waals surface area contributed by atoms with Crippen LogP contribution in [0, 0.1) is 0 Å². The molecule has 2 N–H and O–H groups in total. The van der Waals surface area contributed by atoms with E-state index in [-0.39, 0.29) is 6.04 Å². The summed E-state index contributed by atoms with van der Waals surface area (Å²) in [6.45, 7) is 5.74. The van der Waals surface area contributed by atoms with Gasteiger partial charge in [0.1, 0.15) is 5.60 Å². The van der Waals surface area contributed by atoms with Crippen molar-refractivity contribution in [1.82, 2.24) is 15.5 Å². The molecule has 0 unspecified atom stereocenters. The number of hydrogen-bond donors (Lipinski definition) is 2. The van der Waals surface area contributed by atoms with Crippen molar-refractivity contribution in [2.24, 2.45) is 0 Å². The molecule has 21 heavy (non-hydrogen) atoms. The third-order valence-electron chi connectivity index (χ3n) is 3.26. The highest BCUT2D eigenvalue weighted by Gasteiger charge is 2.31. The zero-order valence-corrected chi connectivity index (χ0v) is 13.3. The maximum atomic E-state index is 13.7. The Hall–Kier alpha value is -0.950. The summed E-state index contributed by atoms with van der Waals surface area (Å²) in [5.74, 6) is -2.99. The molecule has 1 fully saturated rings. The largest absolute Gasteiger partial charge is 0.444 e. The minimum absolute atomic E-state index is 0.119. The molecule has 1 aliphatic rings. The fourth-order valence-electron chi connectivity index (χ4n) is 2.08. The Balaban J connectivity index is 2.25. The number of nitrogens with zero attached hydrogens (tertiary/aromatic N) is 1. The lowest BCUT2D eigenvalue weighted by Crippen LogP contribution is -2.49. The zero-order chi connectivity index (χ0) is 16.1. The fourth-order valence-corrected chi connectivity index (χ4v) is 2.08. The number of carbonyl (C=O) groups excluding carboxylic acids is 1. The lowest BCUT2D eigenvalue weighted by molar-refractivity contribution is -0.00697. The Kier molecular flexibility index (Phi) is 6.34. The number of alkyl halides is 2. The van der Waals surface area contributed by atoms with Gasteiger partial charge in [-0.25, -0.2) is 13.6 Å². The third-order valence-corrected chi connectivity index (χ3v) is 3.26. The quantitative estimate of drug-likeness (QED) is 0.814. The minimum Gasteiger partial charge on any atom is -0.444 e. The minimum atomic E-state index is -2.99. The van der Waals surface area contributed by atoms with Gasteiger partial charge in [-0.15, -0.1) is 0 Å². The Morgan fingerprint density at radius 3 is 2.33 bits per heavy atom. The van der Waals surface area contributed by atoms with Crippen LogP contribution in [0.25, 0.3) is 0 Å². The van der Waals surface area contributed by atoms with Gasteiger partial charge in [0.15, 0.2) is 0 Å². The Labute approximate surface area is 125 Å². The highest BCUT2D eigenvalue weighted by molar-refractivity contribution is 5.67. The van der Waals surface area contributed by atoms with Crippen LogP contribution in [0.15, 0.2) is 0 Å². The molecule has 124 valence electrons. The monoisotopic (exact) mass is 307 g/mol. The SMILES string of the molecule is CN1CCC(NCC(F)(F)CNC(=O)OC(C)(C)C)CC1. The van der Waals surface area contributed by atoms with Crippen LogP contribution in [0.4, 0.5) is 13.6 Å². The molecule has 0 spiro atoms. The molecular weight excluding hydrogens is 280 g/mol. The summed E-state index contributed by atoms with van der Waals surface area (Å²) < 4.78 is 32.3. The highest BCUT2D eigenvalue weighted by atomic mass is 19.3.